The van der Waals surface area contributed by atoms with E-state index in [9.17, 15) is 5.11 Å². The number of aromatic nitrogens is 1. The summed E-state index contributed by atoms with van der Waals surface area (Å²) in [5.74, 6) is 0. The molecule has 1 atom stereocenters. The Morgan fingerprint density at radius 3 is 2.67 bits per heavy atom. The third kappa shape index (κ3) is 3.29. The van der Waals surface area contributed by atoms with Crippen LogP contribution >= 0.6 is 0 Å². The summed E-state index contributed by atoms with van der Waals surface area (Å²) in [5.41, 5.74) is 4.46. The number of rotatable bonds is 4. The molecular formula is C19H19NO. The first-order valence-electron chi connectivity index (χ1n) is 7.31. The summed E-state index contributed by atoms with van der Waals surface area (Å²) in [6.07, 6.45) is 2.97. The Balaban J connectivity index is 1.71. The van der Waals surface area contributed by atoms with Crippen molar-refractivity contribution in [2.24, 2.45) is 0 Å². The van der Waals surface area contributed by atoms with Gasteiger partial charge in [-0.2, -0.15) is 0 Å². The average Bonchev–Trinajstić information content (AvgIpc) is 2.53. The number of fused-ring (bicyclic) bond motifs is 1. The molecule has 0 bridgehead atoms. The first-order valence-corrected chi connectivity index (χ1v) is 7.31. The lowest BCUT2D eigenvalue weighted by Crippen LogP contribution is -2.00. The third-order valence-electron chi connectivity index (χ3n) is 3.84. The minimum Gasteiger partial charge on any atom is -0.388 e. The van der Waals surface area contributed by atoms with Crippen LogP contribution in [-0.2, 0) is 6.42 Å². The van der Waals surface area contributed by atoms with Gasteiger partial charge in [-0.3, -0.25) is 4.98 Å². The largest absolute Gasteiger partial charge is 0.388 e. The quantitative estimate of drug-likeness (QED) is 0.775. The maximum absolute atomic E-state index is 10.4. The molecule has 0 aliphatic rings. The second-order valence-corrected chi connectivity index (χ2v) is 5.50. The molecule has 1 unspecified atom stereocenters. The van der Waals surface area contributed by atoms with Gasteiger partial charge >= 0.3 is 0 Å². The van der Waals surface area contributed by atoms with Gasteiger partial charge in [-0.15, -0.1) is 0 Å². The normalized spacial score (nSPS) is 12.5. The van der Waals surface area contributed by atoms with Crippen molar-refractivity contribution in [3.05, 3.63) is 77.5 Å². The van der Waals surface area contributed by atoms with E-state index in [1.165, 1.54) is 11.1 Å². The molecule has 1 N–H and O–H groups in total. The Labute approximate surface area is 125 Å². The fourth-order valence-electron chi connectivity index (χ4n) is 2.53. The van der Waals surface area contributed by atoms with Crippen LogP contribution in [0.2, 0.25) is 0 Å². The molecule has 0 fully saturated rings. The van der Waals surface area contributed by atoms with E-state index in [0.29, 0.717) is 0 Å². The third-order valence-corrected chi connectivity index (χ3v) is 3.84. The van der Waals surface area contributed by atoms with Crippen LogP contribution in [0.5, 0.6) is 0 Å². The smallest absolute Gasteiger partial charge is 0.0793 e. The maximum Gasteiger partial charge on any atom is 0.0793 e. The number of hydrogen-bond donors (Lipinski definition) is 1. The Hall–Kier alpha value is -2.19. The van der Waals surface area contributed by atoms with E-state index >= 15 is 0 Å². The molecule has 0 saturated carbocycles. The molecular weight excluding hydrogens is 258 g/mol. The van der Waals surface area contributed by atoms with Crippen LogP contribution < -0.4 is 0 Å². The topological polar surface area (TPSA) is 33.1 Å². The van der Waals surface area contributed by atoms with Crippen molar-refractivity contribution < 1.29 is 5.11 Å². The molecule has 3 rings (SSSR count). The van der Waals surface area contributed by atoms with Gasteiger partial charge in [0.25, 0.3) is 0 Å². The van der Waals surface area contributed by atoms with Gasteiger partial charge < -0.3 is 5.11 Å². The molecule has 0 radical (unpaired) electrons. The standard InChI is InChI=1S/C19H19NO/c1-14-4-6-15(7-5-14)8-11-19(21)17-9-10-18-16(13-17)3-2-12-20-18/h2-7,9-10,12-13,19,21H,8,11H2,1H3. The highest BCUT2D eigenvalue weighted by molar-refractivity contribution is 5.79. The van der Waals surface area contributed by atoms with E-state index in [0.717, 1.165) is 29.3 Å². The van der Waals surface area contributed by atoms with Crippen LogP contribution in [0.25, 0.3) is 10.9 Å². The summed E-state index contributed by atoms with van der Waals surface area (Å²) in [6, 6.07) is 18.4. The number of aryl methyl sites for hydroxylation is 2. The SMILES string of the molecule is Cc1ccc(CCC(O)c2ccc3ncccc3c2)cc1. The van der Waals surface area contributed by atoms with Gasteiger partial charge in [0.15, 0.2) is 0 Å². The highest BCUT2D eigenvalue weighted by Gasteiger charge is 2.08. The minimum atomic E-state index is -0.434. The lowest BCUT2D eigenvalue weighted by atomic mass is 9.99. The lowest BCUT2D eigenvalue weighted by Gasteiger charge is -2.12. The number of aliphatic hydroxyl groups is 1. The first-order chi connectivity index (χ1) is 10.2. The predicted octanol–water partition coefficient (Wildman–Crippen LogP) is 4.21. The van der Waals surface area contributed by atoms with Gasteiger partial charge in [-0.1, -0.05) is 42.0 Å². The Kier molecular flexibility index (Phi) is 3.98. The zero-order valence-corrected chi connectivity index (χ0v) is 12.2. The van der Waals surface area contributed by atoms with Crippen molar-refractivity contribution in [2.75, 3.05) is 0 Å². The number of nitrogens with zero attached hydrogens (tertiary/aromatic N) is 1. The van der Waals surface area contributed by atoms with Gasteiger partial charge in [0.1, 0.15) is 0 Å². The van der Waals surface area contributed by atoms with Crippen LogP contribution in [0.4, 0.5) is 0 Å². The maximum atomic E-state index is 10.4. The second kappa shape index (κ2) is 6.06. The zero-order chi connectivity index (χ0) is 14.7. The molecule has 1 aromatic heterocycles. The molecule has 2 nitrogen and oxygen atoms in total. The summed E-state index contributed by atoms with van der Waals surface area (Å²) in [7, 11) is 0. The summed E-state index contributed by atoms with van der Waals surface area (Å²) >= 11 is 0. The molecule has 2 heteroatoms. The highest BCUT2D eigenvalue weighted by atomic mass is 16.3. The second-order valence-electron chi connectivity index (χ2n) is 5.50. The predicted molar refractivity (Wildman–Crippen MR) is 86.2 cm³/mol. The molecule has 0 spiro atoms. The highest BCUT2D eigenvalue weighted by Crippen LogP contribution is 2.22. The number of hydrogen-bond acceptors (Lipinski definition) is 2. The monoisotopic (exact) mass is 277 g/mol. The van der Waals surface area contributed by atoms with Gasteiger partial charge in [0.2, 0.25) is 0 Å². The van der Waals surface area contributed by atoms with Crippen molar-refractivity contribution in [1.82, 2.24) is 4.98 Å². The summed E-state index contributed by atoms with van der Waals surface area (Å²) in [4.78, 5) is 4.30. The number of benzene rings is 2. The molecule has 3 aromatic rings. The van der Waals surface area contributed by atoms with Crippen LogP contribution in [0.3, 0.4) is 0 Å². The average molecular weight is 277 g/mol. The fraction of sp³-hybridized carbons (Fsp3) is 0.211. The van der Waals surface area contributed by atoms with E-state index in [2.05, 4.69) is 36.2 Å². The van der Waals surface area contributed by atoms with Crippen molar-refractivity contribution >= 4 is 10.9 Å². The van der Waals surface area contributed by atoms with Gasteiger partial charge in [-0.25, -0.2) is 0 Å². The molecule has 106 valence electrons. The van der Waals surface area contributed by atoms with E-state index in [-0.39, 0.29) is 0 Å². The van der Waals surface area contributed by atoms with Crippen molar-refractivity contribution in [3.63, 3.8) is 0 Å². The van der Waals surface area contributed by atoms with Crippen LogP contribution in [-0.4, -0.2) is 10.1 Å². The van der Waals surface area contributed by atoms with E-state index < -0.39 is 6.10 Å². The van der Waals surface area contributed by atoms with Crippen LogP contribution in [0, 0.1) is 6.92 Å². The lowest BCUT2D eigenvalue weighted by molar-refractivity contribution is 0.168. The van der Waals surface area contributed by atoms with Crippen molar-refractivity contribution in [2.45, 2.75) is 25.9 Å². The Morgan fingerprint density at radius 2 is 1.86 bits per heavy atom. The summed E-state index contributed by atoms with van der Waals surface area (Å²) in [5, 5.41) is 11.4. The Morgan fingerprint density at radius 1 is 1.05 bits per heavy atom. The van der Waals surface area contributed by atoms with E-state index in [4.69, 9.17) is 0 Å². The minimum absolute atomic E-state index is 0.434. The zero-order valence-electron chi connectivity index (χ0n) is 12.2. The molecule has 0 amide bonds. The molecule has 2 aromatic carbocycles. The Bertz CT molecular complexity index is 734. The van der Waals surface area contributed by atoms with Crippen LogP contribution in [0.1, 0.15) is 29.2 Å². The molecule has 0 aliphatic heterocycles. The molecule has 1 heterocycles. The molecule has 0 saturated heterocycles. The molecule has 0 aliphatic carbocycles. The van der Waals surface area contributed by atoms with Crippen molar-refractivity contribution in [1.29, 1.82) is 0 Å². The number of pyridine rings is 1. The summed E-state index contributed by atoms with van der Waals surface area (Å²) in [6.45, 7) is 2.09. The summed E-state index contributed by atoms with van der Waals surface area (Å²) < 4.78 is 0. The van der Waals surface area contributed by atoms with Gasteiger partial charge in [0.05, 0.1) is 11.6 Å². The first kappa shape index (κ1) is 13.8. The van der Waals surface area contributed by atoms with Crippen molar-refractivity contribution in [3.8, 4) is 0 Å². The molecule has 21 heavy (non-hydrogen) atoms. The van der Waals surface area contributed by atoms with E-state index in [1.807, 2.05) is 30.3 Å². The van der Waals surface area contributed by atoms with Gasteiger partial charge in [-0.05, 0) is 49.1 Å². The fourth-order valence-corrected chi connectivity index (χ4v) is 2.53. The van der Waals surface area contributed by atoms with Crippen LogP contribution in [0.15, 0.2) is 60.8 Å². The van der Waals surface area contributed by atoms with E-state index in [1.54, 1.807) is 6.20 Å². The number of aliphatic hydroxyl groups excluding tert-OH is 1. The van der Waals surface area contributed by atoms with Gasteiger partial charge in [0, 0.05) is 11.6 Å².